The lowest BCUT2D eigenvalue weighted by Gasteiger charge is -2.22. The predicted octanol–water partition coefficient (Wildman–Crippen LogP) is 2.74. The van der Waals surface area contributed by atoms with Crippen molar-refractivity contribution < 1.29 is 53.6 Å². The Morgan fingerprint density at radius 1 is 0.674 bits per heavy atom. The van der Waals surface area contributed by atoms with Crippen LogP contribution in [0, 0.1) is 0 Å². The molecular formula is C32H56N3O11. The van der Waals surface area contributed by atoms with Crippen molar-refractivity contribution >= 4 is 35.9 Å². The minimum atomic E-state index is -2.04. The number of ether oxygens (including phenoxy) is 2. The number of hydrogen-bond acceptors (Lipinski definition) is 10. The Bertz CT molecular complexity index is 858. The minimum Gasteiger partial charge on any atom is -0.481 e. The van der Waals surface area contributed by atoms with Gasteiger partial charge in [0.2, 0.25) is 18.2 Å². The summed E-state index contributed by atoms with van der Waals surface area (Å²) in [4.78, 5) is 69.1. The summed E-state index contributed by atoms with van der Waals surface area (Å²) in [6, 6.07) is -3.30. The Hall–Kier alpha value is -2.94. The van der Waals surface area contributed by atoms with E-state index in [1.54, 1.807) is 0 Å². The summed E-state index contributed by atoms with van der Waals surface area (Å²) in [6.07, 6.45) is 15.8. The van der Waals surface area contributed by atoms with Gasteiger partial charge in [-0.05, 0) is 32.2 Å². The number of carbonyl (C=O) groups is 5. The van der Waals surface area contributed by atoms with Gasteiger partial charge >= 0.3 is 17.9 Å². The molecule has 14 nitrogen and oxygen atoms in total. The fourth-order valence-corrected chi connectivity index (χ4v) is 4.79. The van der Waals surface area contributed by atoms with Crippen LogP contribution in [0.4, 0.5) is 0 Å². The number of nitrogens with one attached hydrogen (secondary N) is 2. The number of aliphatic carboxylic acids is 3. The molecule has 0 saturated carbocycles. The summed E-state index contributed by atoms with van der Waals surface area (Å²) in [5.74, 6) is -4.95. The molecule has 265 valence electrons. The molecule has 46 heavy (non-hydrogen) atoms. The molecule has 1 amide bonds. The number of ketones is 1. The molecule has 0 aromatic rings. The lowest BCUT2D eigenvalue weighted by Crippen LogP contribution is -2.53. The monoisotopic (exact) mass is 658 g/mol. The molecule has 0 aliphatic rings. The van der Waals surface area contributed by atoms with Gasteiger partial charge in [-0.15, -0.1) is 0 Å². The number of amides is 1. The third-order valence-corrected chi connectivity index (χ3v) is 7.39. The summed E-state index contributed by atoms with van der Waals surface area (Å²) in [5, 5.41) is 31.9. The fraction of sp³-hybridized carbons (Fsp3) is 0.812. The molecule has 0 fully saturated rings. The molecule has 1 unspecified atom stereocenters. The minimum absolute atomic E-state index is 0.0219. The Morgan fingerprint density at radius 2 is 1.20 bits per heavy atom. The van der Waals surface area contributed by atoms with E-state index in [0.717, 1.165) is 44.9 Å². The van der Waals surface area contributed by atoms with Gasteiger partial charge < -0.3 is 35.8 Å². The first kappa shape index (κ1) is 43.1. The van der Waals surface area contributed by atoms with E-state index in [-0.39, 0.29) is 38.6 Å². The van der Waals surface area contributed by atoms with Gasteiger partial charge in [0.15, 0.2) is 11.9 Å². The Morgan fingerprint density at radius 3 is 1.67 bits per heavy atom. The van der Waals surface area contributed by atoms with Crippen LogP contribution in [-0.4, -0.2) is 102 Å². The van der Waals surface area contributed by atoms with Crippen molar-refractivity contribution in [2.45, 2.75) is 134 Å². The summed E-state index contributed by atoms with van der Waals surface area (Å²) in [5.41, 5.74) is 5.45. The van der Waals surface area contributed by atoms with Crippen LogP contribution in [0.15, 0.2) is 0 Å². The topological polar surface area (TPSA) is 232 Å². The largest absolute Gasteiger partial charge is 0.481 e. The highest BCUT2D eigenvalue weighted by atomic mass is 16.5. The number of carbonyl (C=O) groups excluding carboxylic acids is 3. The van der Waals surface area contributed by atoms with Crippen molar-refractivity contribution in [1.29, 1.82) is 0 Å². The molecule has 14 heteroatoms. The number of carboxylic acids is 3. The van der Waals surface area contributed by atoms with Crippen LogP contribution in [0.1, 0.15) is 116 Å². The van der Waals surface area contributed by atoms with Crippen LogP contribution in [-0.2, 0) is 38.2 Å². The molecule has 0 bridgehead atoms. The first-order valence-electron chi connectivity index (χ1n) is 16.6. The lowest BCUT2D eigenvalue weighted by atomic mass is 10.0. The summed E-state index contributed by atoms with van der Waals surface area (Å²) >= 11 is 0. The second-order valence-electron chi connectivity index (χ2n) is 11.3. The second kappa shape index (κ2) is 29.5. The first-order valence-corrected chi connectivity index (χ1v) is 16.6. The molecule has 0 aromatic heterocycles. The highest BCUT2D eigenvalue weighted by Gasteiger charge is 2.34. The third-order valence-electron chi connectivity index (χ3n) is 7.39. The molecule has 0 aromatic carbocycles. The maximum atomic E-state index is 12.8. The smallest absolute Gasteiger partial charge is 0.332 e. The van der Waals surface area contributed by atoms with Crippen LogP contribution in [0.5, 0.6) is 0 Å². The van der Waals surface area contributed by atoms with E-state index in [1.165, 1.54) is 44.8 Å². The zero-order valence-electron chi connectivity index (χ0n) is 27.2. The quantitative estimate of drug-likeness (QED) is 0.0432. The Labute approximate surface area is 272 Å². The van der Waals surface area contributed by atoms with E-state index in [1.807, 2.05) is 0 Å². The van der Waals surface area contributed by atoms with Gasteiger partial charge in [-0.25, -0.2) is 9.59 Å². The number of hydrogen-bond donors (Lipinski definition) is 6. The molecule has 7 N–H and O–H groups in total. The average Bonchev–Trinajstić information content (AvgIpc) is 3.01. The van der Waals surface area contributed by atoms with E-state index in [2.05, 4.69) is 10.6 Å². The SMILES string of the molecule is NCCCC[C@H](NC(C(=O)O)C(=O)O)C(=O)C([C]=O)OCCOCCNC(=O)CCCCCCCCCCCCCCCC(=O)O. The van der Waals surface area contributed by atoms with Crippen molar-refractivity contribution in [2.75, 3.05) is 32.9 Å². The standard InChI is InChI=1S/C32H56N3O11/c33-19-15-14-16-25(35-29(31(41)42)32(43)44)30(40)26(24-36)46-23-22-45-21-20-34-27(37)17-12-10-8-6-4-2-1-3-5-7-9-11-13-18-28(38)39/h25-26,29,35H,1-23,33H2,(H,34,37)(H,38,39)(H,41,42)(H,43,44)/t25-,26?/m0/s1. The van der Waals surface area contributed by atoms with Gasteiger partial charge in [-0.3, -0.25) is 24.5 Å². The van der Waals surface area contributed by atoms with E-state index in [0.29, 0.717) is 32.4 Å². The second-order valence-corrected chi connectivity index (χ2v) is 11.3. The van der Waals surface area contributed by atoms with Crippen molar-refractivity contribution in [3.8, 4) is 0 Å². The zero-order valence-corrected chi connectivity index (χ0v) is 27.2. The zero-order chi connectivity index (χ0) is 34.4. The molecule has 0 heterocycles. The van der Waals surface area contributed by atoms with Gasteiger partial charge in [0.05, 0.1) is 25.9 Å². The third kappa shape index (κ3) is 24.3. The summed E-state index contributed by atoms with van der Waals surface area (Å²) in [6.45, 7) is 0.692. The highest BCUT2D eigenvalue weighted by Crippen LogP contribution is 2.13. The van der Waals surface area contributed by atoms with E-state index in [9.17, 15) is 28.8 Å². The van der Waals surface area contributed by atoms with Crippen LogP contribution < -0.4 is 16.4 Å². The van der Waals surface area contributed by atoms with E-state index in [4.69, 9.17) is 30.5 Å². The molecule has 0 saturated heterocycles. The van der Waals surface area contributed by atoms with Crippen molar-refractivity contribution in [1.82, 2.24) is 10.6 Å². The van der Waals surface area contributed by atoms with Crippen molar-refractivity contribution in [3.63, 3.8) is 0 Å². The van der Waals surface area contributed by atoms with Crippen molar-refractivity contribution in [2.24, 2.45) is 5.73 Å². The Kier molecular flexibility index (Phi) is 27.6. The predicted molar refractivity (Wildman–Crippen MR) is 170 cm³/mol. The number of Topliss-reactive ketones (excluding diaryl/α,β-unsaturated/α-hetero) is 1. The van der Waals surface area contributed by atoms with E-state index < -0.39 is 41.9 Å². The average molecular weight is 659 g/mol. The summed E-state index contributed by atoms with van der Waals surface area (Å²) < 4.78 is 10.6. The maximum Gasteiger partial charge on any atom is 0.332 e. The number of rotatable bonds is 34. The molecule has 0 aliphatic carbocycles. The fourth-order valence-electron chi connectivity index (χ4n) is 4.79. The van der Waals surface area contributed by atoms with Crippen molar-refractivity contribution in [3.05, 3.63) is 0 Å². The van der Waals surface area contributed by atoms with Crippen LogP contribution in [0.3, 0.4) is 0 Å². The van der Waals surface area contributed by atoms with Gasteiger partial charge in [-0.1, -0.05) is 77.0 Å². The molecular weight excluding hydrogens is 602 g/mol. The van der Waals surface area contributed by atoms with E-state index >= 15 is 0 Å². The van der Waals surface area contributed by atoms with Gasteiger partial charge in [0.1, 0.15) is 0 Å². The Balaban J connectivity index is 3.93. The van der Waals surface area contributed by atoms with Gasteiger partial charge in [-0.2, -0.15) is 0 Å². The van der Waals surface area contributed by atoms with Crippen LogP contribution in [0.25, 0.3) is 0 Å². The molecule has 0 rings (SSSR count). The molecule has 0 aliphatic heterocycles. The number of nitrogens with two attached hydrogens (primary N) is 1. The molecule has 0 spiro atoms. The van der Waals surface area contributed by atoms with Gasteiger partial charge in [0, 0.05) is 19.4 Å². The first-order chi connectivity index (χ1) is 22.1. The van der Waals surface area contributed by atoms with Crippen LogP contribution in [0.2, 0.25) is 0 Å². The van der Waals surface area contributed by atoms with Crippen LogP contribution >= 0.6 is 0 Å². The maximum absolute atomic E-state index is 12.8. The summed E-state index contributed by atoms with van der Waals surface area (Å²) in [7, 11) is 0. The lowest BCUT2D eigenvalue weighted by molar-refractivity contribution is -0.151. The highest BCUT2D eigenvalue weighted by molar-refractivity contribution is 6.02. The molecule has 2 atom stereocenters. The normalized spacial score (nSPS) is 12.5. The molecule has 1 radical (unpaired) electrons. The number of unbranched alkanes of at least 4 members (excludes halogenated alkanes) is 13. The number of carboxylic acid groups (broad SMARTS) is 3. The van der Waals surface area contributed by atoms with Gasteiger partial charge in [0.25, 0.3) is 0 Å².